The number of ketones is 1. The summed E-state index contributed by atoms with van der Waals surface area (Å²) in [5, 5.41) is 0. The molecule has 0 heterocycles. The largest absolute Gasteiger partial charge is 0.330 e. The van der Waals surface area contributed by atoms with E-state index in [9.17, 15) is 4.79 Å². The first-order valence-corrected chi connectivity index (χ1v) is 4.87. The summed E-state index contributed by atoms with van der Waals surface area (Å²) in [6, 6.07) is 0. The van der Waals surface area contributed by atoms with Gasteiger partial charge in [-0.05, 0) is 43.6 Å². The number of fused-ring (bicyclic) bond motifs is 1. The van der Waals surface area contributed by atoms with Gasteiger partial charge in [0.1, 0.15) is 5.78 Å². The van der Waals surface area contributed by atoms with E-state index >= 15 is 0 Å². The van der Waals surface area contributed by atoms with Gasteiger partial charge in [-0.2, -0.15) is 0 Å². The first-order chi connectivity index (χ1) is 5.66. The van der Waals surface area contributed by atoms with E-state index in [0.717, 1.165) is 12.5 Å². The highest BCUT2D eigenvalue weighted by atomic mass is 16.1. The van der Waals surface area contributed by atoms with E-state index in [-0.39, 0.29) is 0 Å². The molecule has 68 valence electrons. The lowest BCUT2D eigenvalue weighted by Crippen LogP contribution is -2.21. The first kappa shape index (κ1) is 8.24. The van der Waals surface area contributed by atoms with Crippen LogP contribution in [-0.2, 0) is 4.79 Å². The molecule has 0 bridgehead atoms. The molecule has 0 saturated heterocycles. The minimum Gasteiger partial charge on any atom is -0.330 e. The highest BCUT2D eigenvalue weighted by Crippen LogP contribution is 2.62. The molecule has 0 amide bonds. The SMILES string of the molecule is CC(=O)[C@@H]1C(C)CC2C(CN)C21. The quantitative estimate of drug-likeness (QED) is 0.668. The second-order valence-electron chi connectivity index (χ2n) is 4.49. The van der Waals surface area contributed by atoms with Crippen LogP contribution in [0, 0.1) is 29.6 Å². The van der Waals surface area contributed by atoms with Crippen molar-refractivity contribution >= 4 is 5.78 Å². The molecule has 2 fully saturated rings. The molecule has 2 saturated carbocycles. The van der Waals surface area contributed by atoms with Crippen LogP contribution in [0.5, 0.6) is 0 Å². The van der Waals surface area contributed by atoms with E-state index in [1.807, 2.05) is 0 Å². The van der Waals surface area contributed by atoms with Gasteiger partial charge in [-0.3, -0.25) is 4.79 Å². The molecule has 2 aliphatic carbocycles. The molecule has 0 aromatic carbocycles. The summed E-state index contributed by atoms with van der Waals surface area (Å²) in [4.78, 5) is 11.3. The van der Waals surface area contributed by atoms with Crippen molar-refractivity contribution in [3.05, 3.63) is 0 Å². The molecule has 2 aliphatic rings. The molecular weight excluding hydrogens is 150 g/mol. The lowest BCUT2D eigenvalue weighted by molar-refractivity contribution is -0.122. The molecule has 0 radical (unpaired) electrons. The smallest absolute Gasteiger partial charge is 0.133 e. The third-order valence-electron chi connectivity index (χ3n) is 3.81. The fourth-order valence-corrected chi connectivity index (χ4v) is 3.30. The molecule has 12 heavy (non-hydrogen) atoms. The molecule has 5 atom stereocenters. The summed E-state index contributed by atoms with van der Waals surface area (Å²) >= 11 is 0. The van der Waals surface area contributed by atoms with Gasteiger partial charge in [0.2, 0.25) is 0 Å². The van der Waals surface area contributed by atoms with Crippen LogP contribution in [0.1, 0.15) is 20.3 Å². The number of nitrogens with two attached hydrogens (primary N) is 1. The van der Waals surface area contributed by atoms with Crippen molar-refractivity contribution in [3.8, 4) is 0 Å². The van der Waals surface area contributed by atoms with Crippen LogP contribution in [0.2, 0.25) is 0 Å². The topological polar surface area (TPSA) is 43.1 Å². The molecule has 2 heteroatoms. The van der Waals surface area contributed by atoms with Gasteiger partial charge in [-0.1, -0.05) is 6.92 Å². The molecule has 2 rings (SSSR count). The monoisotopic (exact) mass is 167 g/mol. The maximum Gasteiger partial charge on any atom is 0.133 e. The maximum atomic E-state index is 11.3. The lowest BCUT2D eigenvalue weighted by Gasteiger charge is -2.17. The summed E-state index contributed by atoms with van der Waals surface area (Å²) in [6.07, 6.45) is 1.23. The molecule has 0 aromatic rings. The Morgan fingerprint density at radius 1 is 1.58 bits per heavy atom. The Morgan fingerprint density at radius 3 is 2.75 bits per heavy atom. The number of carbonyl (C=O) groups is 1. The van der Waals surface area contributed by atoms with E-state index in [1.54, 1.807) is 6.92 Å². The average Bonchev–Trinajstić information content (AvgIpc) is 2.52. The molecule has 4 unspecified atom stereocenters. The van der Waals surface area contributed by atoms with Crippen molar-refractivity contribution in [2.75, 3.05) is 6.54 Å². The van der Waals surface area contributed by atoms with Crippen LogP contribution in [0.25, 0.3) is 0 Å². The van der Waals surface area contributed by atoms with Gasteiger partial charge < -0.3 is 5.73 Å². The molecule has 2 N–H and O–H groups in total. The zero-order chi connectivity index (χ0) is 8.88. The summed E-state index contributed by atoms with van der Waals surface area (Å²) in [7, 11) is 0. The third kappa shape index (κ3) is 0.939. The lowest BCUT2D eigenvalue weighted by atomic mass is 9.87. The van der Waals surface area contributed by atoms with Crippen molar-refractivity contribution in [1.82, 2.24) is 0 Å². The second kappa shape index (κ2) is 2.56. The van der Waals surface area contributed by atoms with Gasteiger partial charge in [0.05, 0.1) is 0 Å². The predicted molar refractivity (Wildman–Crippen MR) is 47.5 cm³/mol. The number of rotatable bonds is 2. The Hall–Kier alpha value is -0.370. The fraction of sp³-hybridized carbons (Fsp3) is 0.900. The molecule has 0 aliphatic heterocycles. The first-order valence-electron chi connectivity index (χ1n) is 4.87. The minimum absolute atomic E-state index is 0.337. The summed E-state index contributed by atoms with van der Waals surface area (Å²) < 4.78 is 0. The van der Waals surface area contributed by atoms with Crippen molar-refractivity contribution in [1.29, 1.82) is 0 Å². The summed E-state index contributed by atoms with van der Waals surface area (Å²) in [5.74, 6) is 3.45. The zero-order valence-electron chi connectivity index (χ0n) is 7.79. The predicted octanol–water partition coefficient (Wildman–Crippen LogP) is 1.05. The Kier molecular flexibility index (Phi) is 1.76. The van der Waals surface area contributed by atoms with Crippen molar-refractivity contribution in [2.24, 2.45) is 35.3 Å². The van der Waals surface area contributed by atoms with Crippen molar-refractivity contribution < 1.29 is 4.79 Å². The van der Waals surface area contributed by atoms with E-state index in [0.29, 0.717) is 29.5 Å². The summed E-state index contributed by atoms with van der Waals surface area (Å²) in [6.45, 7) is 4.72. The summed E-state index contributed by atoms with van der Waals surface area (Å²) in [5.41, 5.74) is 5.62. The number of hydrogen-bond donors (Lipinski definition) is 1. The fourth-order valence-electron chi connectivity index (χ4n) is 3.30. The van der Waals surface area contributed by atoms with E-state index in [2.05, 4.69) is 6.92 Å². The molecule has 0 spiro atoms. The van der Waals surface area contributed by atoms with Gasteiger partial charge >= 0.3 is 0 Å². The van der Waals surface area contributed by atoms with E-state index in [4.69, 9.17) is 5.73 Å². The third-order valence-corrected chi connectivity index (χ3v) is 3.81. The number of carbonyl (C=O) groups excluding carboxylic acids is 1. The Bertz CT molecular complexity index is 214. The second-order valence-corrected chi connectivity index (χ2v) is 4.49. The highest BCUT2D eigenvalue weighted by Gasteiger charge is 2.60. The maximum absolute atomic E-state index is 11.3. The normalized spacial score (nSPS) is 50.4. The highest BCUT2D eigenvalue weighted by molar-refractivity contribution is 5.80. The van der Waals surface area contributed by atoms with Crippen LogP contribution in [0.15, 0.2) is 0 Å². The Balaban J connectivity index is 2.08. The van der Waals surface area contributed by atoms with Crippen LogP contribution in [0.3, 0.4) is 0 Å². The van der Waals surface area contributed by atoms with E-state index < -0.39 is 0 Å². The average molecular weight is 167 g/mol. The van der Waals surface area contributed by atoms with Gasteiger partial charge in [0.25, 0.3) is 0 Å². The van der Waals surface area contributed by atoms with Gasteiger partial charge in [-0.15, -0.1) is 0 Å². The number of Topliss-reactive ketones (excluding diaryl/α,β-unsaturated/α-hetero) is 1. The minimum atomic E-state index is 0.337. The van der Waals surface area contributed by atoms with E-state index in [1.165, 1.54) is 6.42 Å². The number of hydrogen-bond acceptors (Lipinski definition) is 2. The van der Waals surface area contributed by atoms with Crippen LogP contribution in [0.4, 0.5) is 0 Å². The standard InChI is InChI=1S/C10H17NO/c1-5-3-7-8(4-11)10(7)9(5)6(2)12/h5,7-10H,3-4,11H2,1-2H3/t5?,7?,8?,9-,10?/m0/s1. The molecule has 2 nitrogen and oxygen atoms in total. The Morgan fingerprint density at radius 2 is 2.25 bits per heavy atom. The van der Waals surface area contributed by atoms with Gasteiger partial charge in [0, 0.05) is 5.92 Å². The molecular formula is C10H17NO. The van der Waals surface area contributed by atoms with Crippen LogP contribution in [-0.4, -0.2) is 12.3 Å². The van der Waals surface area contributed by atoms with Gasteiger partial charge in [-0.25, -0.2) is 0 Å². The van der Waals surface area contributed by atoms with Crippen molar-refractivity contribution in [3.63, 3.8) is 0 Å². The molecule has 0 aromatic heterocycles. The van der Waals surface area contributed by atoms with Gasteiger partial charge in [0.15, 0.2) is 0 Å². The zero-order valence-corrected chi connectivity index (χ0v) is 7.79. The Labute approximate surface area is 73.5 Å². The van der Waals surface area contributed by atoms with Crippen LogP contribution < -0.4 is 5.73 Å². The van der Waals surface area contributed by atoms with Crippen LogP contribution >= 0.6 is 0 Å². The van der Waals surface area contributed by atoms with Crippen molar-refractivity contribution in [2.45, 2.75) is 20.3 Å².